The third kappa shape index (κ3) is 6.24. The molecule has 2 aromatic carbocycles. The van der Waals surface area contributed by atoms with E-state index in [4.69, 9.17) is 9.84 Å². The van der Waals surface area contributed by atoms with Crippen molar-refractivity contribution in [2.75, 3.05) is 23.8 Å². The summed E-state index contributed by atoms with van der Waals surface area (Å²) >= 11 is 0. The van der Waals surface area contributed by atoms with Gasteiger partial charge in [0, 0.05) is 30.7 Å². The summed E-state index contributed by atoms with van der Waals surface area (Å²) in [6, 6.07) is 15.7. The fraction of sp³-hybridized carbons (Fsp3) is 0.115. The molecule has 3 amide bonds. The number of aromatic amines is 1. The highest BCUT2D eigenvalue weighted by Crippen LogP contribution is 2.27. The number of anilines is 2. The fourth-order valence-corrected chi connectivity index (χ4v) is 3.33. The monoisotopic (exact) mass is 489 g/mol. The summed E-state index contributed by atoms with van der Waals surface area (Å²) in [5, 5.41) is 16.6. The maximum Gasteiger partial charge on any atom is 0.323 e. The molecule has 0 aliphatic rings. The van der Waals surface area contributed by atoms with Crippen LogP contribution in [0.25, 0.3) is 11.4 Å². The van der Waals surface area contributed by atoms with Gasteiger partial charge in [0.05, 0.1) is 29.2 Å². The summed E-state index contributed by atoms with van der Waals surface area (Å²) in [7, 11) is 0. The highest BCUT2D eigenvalue weighted by atomic mass is 19.1. The van der Waals surface area contributed by atoms with Crippen molar-refractivity contribution in [1.29, 1.82) is 0 Å². The minimum absolute atomic E-state index is 0.0981. The van der Waals surface area contributed by atoms with Crippen LogP contribution < -0.4 is 20.7 Å². The number of rotatable bonds is 8. The van der Waals surface area contributed by atoms with Crippen molar-refractivity contribution in [3.8, 4) is 22.9 Å². The van der Waals surface area contributed by atoms with Crippen LogP contribution in [0.2, 0.25) is 0 Å². The normalized spacial score (nSPS) is 10.5. The van der Waals surface area contributed by atoms with Gasteiger partial charge in [0.25, 0.3) is 5.91 Å². The highest BCUT2D eigenvalue weighted by molar-refractivity contribution is 6.00. The Bertz CT molecular complexity index is 1370. The molecule has 0 fully saturated rings. The summed E-state index contributed by atoms with van der Waals surface area (Å²) in [6.45, 7) is 1.84. The first kappa shape index (κ1) is 24.4. The molecule has 5 N–H and O–H groups in total. The average molecular weight is 490 g/mol. The molecule has 10 heteroatoms. The van der Waals surface area contributed by atoms with Crippen molar-refractivity contribution in [2.45, 2.75) is 6.92 Å². The number of aromatic nitrogens is 2. The Balaban J connectivity index is 1.37. The van der Waals surface area contributed by atoms with E-state index in [0.29, 0.717) is 34.1 Å². The van der Waals surface area contributed by atoms with Crippen molar-refractivity contribution < 1.29 is 23.8 Å². The van der Waals surface area contributed by atoms with E-state index in [0.717, 1.165) is 5.56 Å². The molecule has 4 aromatic rings. The van der Waals surface area contributed by atoms with Gasteiger partial charge < -0.3 is 30.8 Å². The first-order valence-corrected chi connectivity index (χ1v) is 11.1. The number of aryl methyl sites for hydroxylation is 1. The molecular formula is C26H24FN5O4. The number of carbonyl (C=O) groups is 2. The number of hydrogen-bond donors (Lipinski definition) is 5. The summed E-state index contributed by atoms with van der Waals surface area (Å²) in [5.74, 6) is 0.231. The van der Waals surface area contributed by atoms with Crippen molar-refractivity contribution in [2.24, 2.45) is 0 Å². The van der Waals surface area contributed by atoms with Gasteiger partial charge in [-0.3, -0.25) is 9.78 Å². The quantitative estimate of drug-likeness (QED) is 0.245. The molecule has 9 nitrogen and oxygen atoms in total. The van der Waals surface area contributed by atoms with Gasteiger partial charge in [0.2, 0.25) is 0 Å². The van der Waals surface area contributed by atoms with Crippen molar-refractivity contribution in [3.05, 3.63) is 90.0 Å². The largest absolute Gasteiger partial charge is 0.457 e. The Morgan fingerprint density at radius 2 is 1.83 bits per heavy atom. The Hall–Kier alpha value is -4.70. The molecule has 0 spiro atoms. The van der Waals surface area contributed by atoms with Crippen LogP contribution in [0.5, 0.6) is 11.5 Å². The first-order valence-electron chi connectivity index (χ1n) is 11.1. The summed E-state index contributed by atoms with van der Waals surface area (Å²) < 4.78 is 19.7. The van der Waals surface area contributed by atoms with E-state index in [1.54, 1.807) is 67.0 Å². The van der Waals surface area contributed by atoms with Crippen LogP contribution in [-0.4, -0.2) is 40.2 Å². The van der Waals surface area contributed by atoms with Crippen LogP contribution >= 0.6 is 0 Å². The van der Waals surface area contributed by atoms with Crippen molar-refractivity contribution in [1.82, 2.24) is 15.3 Å². The number of nitrogens with one attached hydrogen (secondary N) is 4. The van der Waals surface area contributed by atoms with Crippen LogP contribution in [0, 0.1) is 12.7 Å². The van der Waals surface area contributed by atoms with Gasteiger partial charge in [-0.1, -0.05) is 6.07 Å². The number of benzene rings is 2. The highest BCUT2D eigenvalue weighted by Gasteiger charge is 2.11. The molecule has 184 valence electrons. The average Bonchev–Trinajstić information content (AvgIpc) is 3.37. The SMILES string of the molecule is Cc1ccc(F)c(NC(=O)Nc2ccc(Oc3ccnc(-c4cc(C(=O)NCCO)c[nH]4)c3)cc2)c1. The standard InChI is InChI=1S/C26H24FN5O4/c1-16-2-7-21(27)22(12-16)32-26(35)31-18-3-5-19(6-4-18)36-20-8-9-28-24(14-20)23-13-17(15-30-23)25(34)29-10-11-33/h2-9,12-15,30,33H,10-11H2,1H3,(H,29,34)(H2,31,32,35). The predicted molar refractivity (Wildman–Crippen MR) is 134 cm³/mol. The number of pyridine rings is 1. The van der Waals surface area contributed by atoms with E-state index in [1.807, 2.05) is 6.92 Å². The third-order valence-electron chi connectivity index (χ3n) is 5.07. The van der Waals surface area contributed by atoms with Crippen LogP contribution in [0.3, 0.4) is 0 Å². The second kappa shape index (κ2) is 11.2. The lowest BCUT2D eigenvalue weighted by atomic mass is 10.2. The molecule has 2 heterocycles. The Labute approximate surface area is 206 Å². The van der Waals surface area contributed by atoms with Crippen LogP contribution in [0.1, 0.15) is 15.9 Å². The zero-order chi connectivity index (χ0) is 25.5. The number of carbonyl (C=O) groups excluding carboxylic acids is 2. The number of aliphatic hydroxyl groups is 1. The predicted octanol–water partition coefficient (Wildman–Crippen LogP) is 4.68. The molecule has 0 aliphatic carbocycles. The van der Waals surface area contributed by atoms with Gasteiger partial charge in [-0.05, 0) is 61.0 Å². The van der Waals surface area contributed by atoms with E-state index in [9.17, 15) is 14.0 Å². The van der Waals surface area contributed by atoms with Gasteiger partial charge in [-0.15, -0.1) is 0 Å². The van der Waals surface area contributed by atoms with Gasteiger partial charge in [0.1, 0.15) is 17.3 Å². The lowest BCUT2D eigenvalue weighted by Crippen LogP contribution is -2.25. The minimum Gasteiger partial charge on any atom is -0.457 e. The zero-order valence-corrected chi connectivity index (χ0v) is 19.3. The number of aliphatic hydroxyl groups excluding tert-OH is 1. The van der Waals surface area contributed by atoms with E-state index in [2.05, 4.69) is 25.9 Å². The smallest absolute Gasteiger partial charge is 0.323 e. The van der Waals surface area contributed by atoms with E-state index < -0.39 is 11.8 Å². The minimum atomic E-state index is -0.567. The molecule has 36 heavy (non-hydrogen) atoms. The molecule has 0 radical (unpaired) electrons. The number of amides is 3. The topological polar surface area (TPSA) is 128 Å². The van der Waals surface area contributed by atoms with Crippen molar-refractivity contribution >= 4 is 23.3 Å². The molecule has 0 saturated carbocycles. The summed E-state index contributed by atoms with van der Waals surface area (Å²) in [4.78, 5) is 31.6. The van der Waals surface area contributed by atoms with E-state index in [1.165, 1.54) is 6.07 Å². The third-order valence-corrected chi connectivity index (χ3v) is 5.07. The first-order chi connectivity index (χ1) is 17.4. The lowest BCUT2D eigenvalue weighted by molar-refractivity contribution is 0.0945. The van der Waals surface area contributed by atoms with E-state index >= 15 is 0 Å². The number of H-pyrrole nitrogens is 1. The number of urea groups is 1. The fourth-order valence-electron chi connectivity index (χ4n) is 3.33. The number of nitrogens with zero attached hydrogens (tertiary/aromatic N) is 1. The van der Waals surface area contributed by atoms with Crippen LogP contribution in [0.4, 0.5) is 20.6 Å². The molecule has 0 bridgehead atoms. The van der Waals surface area contributed by atoms with Gasteiger partial charge in [-0.25, -0.2) is 9.18 Å². The number of ether oxygens (including phenoxy) is 1. The van der Waals surface area contributed by atoms with Crippen molar-refractivity contribution in [3.63, 3.8) is 0 Å². The number of hydrogen-bond acceptors (Lipinski definition) is 5. The molecule has 2 aromatic heterocycles. The van der Waals surface area contributed by atoms with E-state index in [-0.39, 0.29) is 24.7 Å². The zero-order valence-electron chi connectivity index (χ0n) is 19.3. The lowest BCUT2D eigenvalue weighted by Gasteiger charge is -2.10. The van der Waals surface area contributed by atoms with Gasteiger partial charge in [0.15, 0.2) is 0 Å². The van der Waals surface area contributed by atoms with Crippen LogP contribution in [-0.2, 0) is 0 Å². The Morgan fingerprint density at radius 1 is 1.03 bits per heavy atom. The number of halogens is 1. The molecule has 0 atom stereocenters. The molecule has 4 rings (SSSR count). The Kier molecular flexibility index (Phi) is 7.57. The molecule has 0 unspecified atom stereocenters. The molecular weight excluding hydrogens is 465 g/mol. The molecule has 0 saturated heterocycles. The van der Waals surface area contributed by atoms with Crippen LogP contribution in [0.15, 0.2) is 73.1 Å². The second-order valence-electron chi connectivity index (χ2n) is 7.85. The van der Waals surface area contributed by atoms with Gasteiger partial charge in [-0.2, -0.15) is 0 Å². The summed E-state index contributed by atoms with van der Waals surface area (Å²) in [6.07, 6.45) is 3.15. The summed E-state index contributed by atoms with van der Waals surface area (Å²) in [5.41, 5.74) is 3.05. The second-order valence-corrected chi connectivity index (χ2v) is 7.85. The molecule has 0 aliphatic heterocycles. The van der Waals surface area contributed by atoms with Gasteiger partial charge >= 0.3 is 6.03 Å². The Morgan fingerprint density at radius 3 is 2.61 bits per heavy atom. The maximum absolute atomic E-state index is 13.9. The maximum atomic E-state index is 13.9.